The van der Waals surface area contributed by atoms with E-state index in [9.17, 15) is 30.6 Å². The Hall–Kier alpha value is -3.16. The lowest BCUT2D eigenvalue weighted by molar-refractivity contribution is -0.112. The van der Waals surface area contributed by atoms with Crippen molar-refractivity contribution < 1.29 is 49.6 Å². The molecule has 3 aromatic carbocycles. The van der Waals surface area contributed by atoms with Gasteiger partial charge in [0.1, 0.15) is 30.0 Å². The molecular weight excluding hydrogens is 717 g/mol. The van der Waals surface area contributed by atoms with Gasteiger partial charge in [-0.2, -0.15) is 0 Å². The molecule has 10 nitrogen and oxygen atoms in total. The number of aliphatic hydroxyl groups is 3. The van der Waals surface area contributed by atoms with Gasteiger partial charge in [-0.1, -0.05) is 54.8 Å². The third-order valence-corrected chi connectivity index (χ3v) is 14.7. The van der Waals surface area contributed by atoms with E-state index in [1.54, 1.807) is 29.0 Å². The third-order valence-electron chi connectivity index (χ3n) is 11.7. The van der Waals surface area contributed by atoms with Gasteiger partial charge in [0.2, 0.25) is 11.5 Å². The van der Waals surface area contributed by atoms with Crippen molar-refractivity contribution in [3.8, 4) is 51.4 Å². The van der Waals surface area contributed by atoms with Crippen LogP contribution in [-0.2, 0) is 5.60 Å². The van der Waals surface area contributed by atoms with Crippen LogP contribution in [0.25, 0.3) is 11.1 Å². The summed E-state index contributed by atoms with van der Waals surface area (Å²) in [6.45, 7) is 6.38. The van der Waals surface area contributed by atoms with E-state index in [4.69, 9.17) is 18.9 Å². The maximum Gasteiger partial charge on any atom is 0.207 e. The Morgan fingerprint density at radius 2 is 1.74 bits per heavy atom. The van der Waals surface area contributed by atoms with E-state index in [-0.39, 0.29) is 65.3 Å². The SMILES string of the molecule is COc1c(O)c(OCCC(C)C)cc([C@@]23CC[C@@H]4SSCC[C@H](C)CC[C@@H]5c6cc(O)ccc6-c6c(OCCO)cc(c(c6[C@H]5CO)[C@@H]4[C@H]2O)O3)c1O. The number of benzene rings is 3. The smallest absolute Gasteiger partial charge is 0.207 e. The van der Waals surface area contributed by atoms with E-state index in [2.05, 4.69) is 20.8 Å². The van der Waals surface area contributed by atoms with Crippen LogP contribution in [0.2, 0.25) is 0 Å². The summed E-state index contributed by atoms with van der Waals surface area (Å²) in [4.78, 5) is 0. The first-order chi connectivity index (χ1) is 25.5. The second-order valence-electron chi connectivity index (χ2n) is 15.4. The molecule has 2 aliphatic heterocycles. The van der Waals surface area contributed by atoms with Gasteiger partial charge in [0.15, 0.2) is 17.1 Å². The predicted octanol–water partition coefficient (Wildman–Crippen LogP) is 7.54. The fourth-order valence-electron chi connectivity index (χ4n) is 9.03. The molecule has 1 fully saturated rings. The van der Waals surface area contributed by atoms with Crippen LogP contribution in [-0.4, -0.2) is 81.3 Å². The highest BCUT2D eigenvalue weighted by atomic mass is 33.1. The number of hydrogen-bond donors (Lipinski definition) is 6. The molecule has 3 aromatic rings. The second kappa shape index (κ2) is 15.5. The van der Waals surface area contributed by atoms with Crippen LogP contribution in [0.15, 0.2) is 30.3 Å². The number of fused-ring (bicyclic) bond motifs is 5. The van der Waals surface area contributed by atoms with Gasteiger partial charge in [-0.25, -0.2) is 0 Å². The first kappa shape index (κ1) is 38.1. The van der Waals surface area contributed by atoms with Gasteiger partial charge < -0.3 is 49.6 Å². The maximum absolute atomic E-state index is 12.9. The van der Waals surface area contributed by atoms with Crippen LogP contribution in [0.4, 0.5) is 0 Å². The molecule has 0 amide bonds. The summed E-state index contributed by atoms with van der Waals surface area (Å²) in [6.07, 6.45) is 3.35. The Morgan fingerprint density at radius 1 is 0.943 bits per heavy atom. The lowest BCUT2D eigenvalue weighted by Crippen LogP contribution is -2.57. The fourth-order valence-corrected chi connectivity index (χ4v) is 12.2. The Morgan fingerprint density at radius 3 is 2.47 bits per heavy atom. The number of aliphatic hydroxyl groups excluding tert-OH is 3. The van der Waals surface area contributed by atoms with Gasteiger partial charge in [0, 0.05) is 45.6 Å². The van der Waals surface area contributed by atoms with Crippen molar-refractivity contribution in [2.45, 2.75) is 94.0 Å². The number of hydrogen-bond acceptors (Lipinski definition) is 12. The van der Waals surface area contributed by atoms with Gasteiger partial charge in [0.05, 0.1) is 26.9 Å². The second-order valence-corrected chi connectivity index (χ2v) is 18.2. The van der Waals surface area contributed by atoms with Crippen molar-refractivity contribution in [3.05, 3.63) is 52.6 Å². The van der Waals surface area contributed by atoms with Gasteiger partial charge in [0.25, 0.3) is 0 Å². The van der Waals surface area contributed by atoms with Crippen LogP contribution in [0.3, 0.4) is 0 Å². The van der Waals surface area contributed by atoms with E-state index < -0.39 is 23.5 Å². The van der Waals surface area contributed by atoms with E-state index in [1.807, 2.05) is 22.9 Å². The summed E-state index contributed by atoms with van der Waals surface area (Å²) >= 11 is 0. The number of aromatic hydroxyl groups is 3. The highest BCUT2D eigenvalue weighted by molar-refractivity contribution is 8.76. The molecular formula is C41H52O10S2. The number of rotatable bonds is 10. The minimum Gasteiger partial charge on any atom is -0.508 e. The number of ether oxygens (including phenoxy) is 4. The van der Waals surface area contributed by atoms with Crippen molar-refractivity contribution >= 4 is 21.6 Å². The Balaban J connectivity index is 1.49. The van der Waals surface area contributed by atoms with Gasteiger partial charge in [-0.3, -0.25) is 0 Å². The molecule has 4 bridgehead atoms. The molecule has 6 N–H and O–H groups in total. The van der Waals surface area contributed by atoms with Crippen molar-refractivity contribution in [1.82, 2.24) is 0 Å². The molecule has 1 saturated carbocycles. The summed E-state index contributed by atoms with van der Waals surface area (Å²) < 4.78 is 25.0. The largest absolute Gasteiger partial charge is 0.508 e. The van der Waals surface area contributed by atoms with Crippen LogP contribution < -0.4 is 18.9 Å². The van der Waals surface area contributed by atoms with Crippen molar-refractivity contribution in [2.75, 3.05) is 39.3 Å². The van der Waals surface area contributed by atoms with E-state index in [0.717, 1.165) is 59.3 Å². The van der Waals surface area contributed by atoms with E-state index >= 15 is 0 Å². The first-order valence-electron chi connectivity index (χ1n) is 18.8. The molecule has 2 aliphatic carbocycles. The van der Waals surface area contributed by atoms with Crippen LogP contribution in [0.1, 0.15) is 99.3 Å². The Labute approximate surface area is 319 Å². The number of methoxy groups -OCH3 is 1. The molecule has 0 unspecified atom stereocenters. The molecule has 0 radical (unpaired) electrons. The van der Waals surface area contributed by atoms with Gasteiger partial charge >= 0.3 is 0 Å². The highest BCUT2D eigenvalue weighted by Crippen LogP contribution is 2.65. The zero-order valence-electron chi connectivity index (χ0n) is 30.8. The molecule has 288 valence electrons. The molecule has 4 aliphatic rings. The zero-order chi connectivity index (χ0) is 37.6. The molecule has 0 aromatic heterocycles. The molecule has 0 saturated heterocycles. The van der Waals surface area contributed by atoms with Crippen molar-refractivity contribution in [1.29, 1.82) is 0 Å². The van der Waals surface area contributed by atoms with Crippen LogP contribution in [0.5, 0.6) is 40.2 Å². The summed E-state index contributed by atoms with van der Waals surface area (Å²) in [5.41, 5.74) is 3.05. The Bertz CT molecular complexity index is 1820. The normalized spacial score (nSPS) is 27.5. The molecule has 7 atom stereocenters. The lowest BCUT2D eigenvalue weighted by Gasteiger charge is -2.54. The molecule has 53 heavy (non-hydrogen) atoms. The average Bonchev–Trinajstić information content (AvgIpc) is 3.13. The predicted molar refractivity (Wildman–Crippen MR) is 207 cm³/mol. The van der Waals surface area contributed by atoms with Gasteiger partial charge in [-0.15, -0.1) is 0 Å². The summed E-state index contributed by atoms with van der Waals surface area (Å²) in [5.74, 6) is 1.14. The minimum atomic E-state index is -1.46. The average molecular weight is 769 g/mol. The molecule has 0 spiro atoms. The standard InChI is InChI=1S/C41H52O10S2/c1-21(2)10-14-49-31-18-28(37(45)39(48-4)38(31)46)41-12-9-32-36(40(41)47)35-30(51-41)19-29(50-15-13-42)33-25-8-6-23(44)17-26(25)24(27(20-43)34(33)35)7-5-22(3)11-16-52-53-32/h6,8,17-19,21-22,24,27,32,36,40,42-47H,5,7,9-16,20H2,1-4H3/t22-,24-,27+,32+,36-,40-,41+/m1/s1. The van der Waals surface area contributed by atoms with Gasteiger partial charge in [-0.05, 0) is 84.7 Å². The summed E-state index contributed by atoms with van der Waals surface area (Å²) in [5, 5.41) is 67.8. The Kier molecular flexibility index (Phi) is 11.2. The monoisotopic (exact) mass is 768 g/mol. The van der Waals surface area contributed by atoms with E-state index in [0.29, 0.717) is 42.8 Å². The minimum absolute atomic E-state index is 0.0166. The topological polar surface area (TPSA) is 158 Å². The van der Waals surface area contributed by atoms with Crippen LogP contribution in [0, 0.1) is 11.8 Å². The van der Waals surface area contributed by atoms with Crippen LogP contribution >= 0.6 is 21.6 Å². The lowest BCUT2D eigenvalue weighted by atomic mass is 9.62. The molecule has 7 rings (SSSR count). The fraction of sp³-hybridized carbons (Fsp3) is 0.561. The highest BCUT2D eigenvalue weighted by Gasteiger charge is 2.59. The number of phenols is 3. The number of phenolic OH excluding ortho intramolecular Hbond substituents is 3. The van der Waals surface area contributed by atoms with E-state index in [1.165, 1.54) is 7.11 Å². The first-order valence-corrected chi connectivity index (χ1v) is 21.2. The van der Waals surface area contributed by atoms with Crippen molar-refractivity contribution in [2.24, 2.45) is 11.8 Å². The quantitative estimate of drug-likeness (QED) is 0.113. The third kappa shape index (κ3) is 6.66. The maximum atomic E-state index is 12.9. The summed E-state index contributed by atoms with van der Waals surface area (Å²) in [6, 6.07) is 8.76. The van der Waals surface area contributed by atoms with Crippen molar-refractivity contribution in [3.63, 3.8) is 0 Å². The molecule has 2 heterocycles. The summed E-state index contributed by atoms with van der Waals surface area (Å²) in [7, 11) is 4.96. The zero-order valence-corrected chi connectivity index (χ0v) is 32.5. The molecule has 12 heteroatoms.